The molecule has 2 rings (SSSR count). The van der Waals surface area contributed by atoms with Crippen LogP contribution in [0.1, 0.15) is 18.4 Å². The summed E-state index contributed by atoms with van der Waals surface area (Å²) in [5.74, 6) is -2.58. The van der Waals surface area contributed by atoms with E-state index in [1.54, 1.807) is 0 Å². The summed E-state index contributed by atoms with van der Waals surface area (Å²) >= 11 is 2.90. The fourth-order valence-corrected chi connectivity index (χ4v) is 2.63. The van der Waals surface area contributed by atoms with E-state index in [-0.39, 0.29) is 22.4 Å². The average Bonchev–Trinajstić information content (AvgIpc) is 2.33. The van der Waals surface area contributed by atoms with E-state index in [1.807, 2.05) is 0 Å². The van der Waals surface area contributed by atoms with E-state index in [1.165, 1.54) is 0 Å². The van der Waals surface area contributed by atoms with Crippen LogP contribution >= 0.6 is 15.9 Å². The Bertz CT molecular complexity index is 390. The fraction of sp³-hybridized carbons (Fsp3) is 0.500. The molecule has 1 atom stereocenters. The highest BCUT2D eigenvalue weighted by Gasteiger charge is 2.22. The second-order valence-electron chi connectivity index (χ2n) is 4.36. The van der Waals surface area contributed by atoms with E-state index in [0.717, 1.165) is 32.0 Å². The highest BCUT2D eigenvalue weighted by Crippen LogP contribution is 2.27. The van der Waals surface area contributed by atoms with Gasteiger partial charge in [-0.25, -0.2) is 13.2 Å². The van der Waals surface area contributed by atoms with Crippen LogP contribution < -0.4 is 5.32 Å². The topological polar surface area (TPSA) is 12.0 Å². The quantitative estimate of drug-likeness (QED) is 0.826. The van der Waals surface area contributed by atoms with Gasteiger partial charge in [0, 0.05) is 5.56 Å². The third kappa shape index (κ3) is 2.83. The van der Waals surface area contributed by atoms with E-state index < -0.39 is 17.5 Å². The third-order valence-corrected chi connectivity index (χ3v) is 3.67. The normalized spacial score (nSPS) is 20.6. The Labute approximate surface area is 107 Å². The molecule has 0 amide bonds. The van der Waals surface area contributed by atoms with Gasteiger partial charge in [-0.2, -0.15) is 0 Å². The molecule has 1 heterocycles. The van der Waals surface area contributed by atoms with Crippen LogP contribution in [0.5, 0.6) is 0 Å². The number of piperidine rings is 1. The van der Waals surface area contributed by atoms with Crippen molar-refractivity contribution in [3.8, 4) is 0 Å². The zero-order valence-corrected chi connectivity index (χ0v) is 10.8. The first kappa shape index (κ1) is 12.9. The highest BCUT2D eigenvalue weighted by molar-refractivity contribution is 9.10. The van der Waals surface area contributed by atoms with E-state index in [0.29, 0.717) is 0 Å². The minimum absolute atomic E-state index is 0.0184. The minimum Gasteiger partial charge on any atom is -0.316 e. The lowest BCUT2D eigenvalue weighted by molar-refractivity contribution is 0.362. The predicted octanol–water partition coefficient (Wildman–Crippen LogP) is 3.41. The van der Waals surface area contributed by atoms with E-state index in [2.05, 4.69) is 21.2 Å². The van der Waals surface area contributed by atoms with Gasteiger partial charge in [-0.05, 0) is 60.3 Å². The summed E-state index contributed by atoms with van der Waals surface area (Å²) in [6.45, 7) is 1.67. The van der Waals surface area contributed by atoms with Crippen LogP contribution in [0.4, 0.5) is 13.2 Å². The number of rotatable bonds is 2. The van der Waals surface area contributed by atoms with Crippen molar-refractivity contribution in [2.45, 2.75) is 19.3 Å². The van der Waals surface area contributed by atoms with Crippen LogP contribution in [0.25, 0.3) is 0 Å². The van der Waals surface area contributed by atoms with Gasteiger partial charge in [0.15, 0.2) is 11.6 Å². The van der Waals surface area contributed by atoms with Crippen LogP contribution in [0, 0.1) is 23.4 Å². The molecule has 1 aromatic carbocycles. The lowest BCUT2D eigenvalue weighted by Crippen LogP contribution is -2.31. The minimum atomic E-state index is -1.06. The van der Waals surface area contributed by atoms with Crippen molar-refractivity contribution < 1.29 is 13.2 Å². The summed E-state index contributed by atoms with van der Waals surface area (Å²) in [6, 6.07) is 0.827. The van der Waals surface area contributed by atoms with E-state index >= 15 is 0 Å². The number of halogens is 4. The molecule has 0 aliphatic carbocycles. The Balaban J connectivity index is 2.24. The molecule has 17 heavy (non-hydrogen) atoms. The maximum absolute atomic E-state index is 13.7. The molecule has 0 saturated carbocycles. The first-order chi connectivity index (χ1) is 8.09. The van der Waals surface area contributed by atoms with Crippen LogP contribution in [0.2, 0.25) is 0 Å². The maximum Gasteiger partial charge on any atom is 0.165 e. The Morgan fingerprint density at radius 3 is 2.71 bits per heavy atom. The number of hydrogen-bond donors (Lipinski definition) is 1. The largest absolute Gasteiger partial charge is 0.316 e. The van der Waals surface area contributed by atoms with Crippen molar-refractivity contribution in [3.63, 3.8) is 0 Å². The molecule has 1 aliphatic heterocycles. The lowest BCUT2D eigenvalue weighted by Gasteiger charge is -2.23. The van der Waals surface area contributed by atoms with Crippen molar-refractivity contribution in [2.24, 2.45) is 5.92 Å². The zero-order chi connectivity index (χ0) is 12.4. The SMILES string of the molecule is Fc1cc(Br)c(F)c(CC2CCCNC2)c1F. The summed E-state index contributed by atoms with van der Waals surface area (Å²) in [6.07, 6.45) is 2.14. The van der Waals surface area contributed by atoms with Crippen molar-refractivity contribution in [2.75, 3.05) is 13.1 Å². The summed E-state index contributed by atoms with van der Waals surface area (Å²) in [4.78, 5) is 0. The summed E-state index contributed by atoms with van der Waals surface area (Å²) in [5, 5.41) is 3.17. The van der Waals surface area contributed by atoms with Gasteiger partial charge in [0.05, 0.1) is 4.47 Å². The average molecular weight is 308 g/mol. The highest BCUT2D eigenvalue weighted by atomic mass is 79.9. The summed E-state index contributed by atoms with van der Waals surface area (Å²) in [5.41, 5.74) is -0.148. The molecule has 0 radical (unpaired) electrons. The van der Waals surface area contributed by atoms with E-state index in [4.69, 9.17) is 0 Å². The molecule has 1 N–H and O–H groups in total. The van der Waals surface area contributed by atoms with Crippen LogP contribution in [-0.4, -0.2) is 13.1 Å². The van der Waals surface area contributed by atoms with Gasteiger partial charge in [-0.15, -0.1) is 0 Å². The second kappa shape index (κ2) is 5.40. The van der Waals surface area contributed by atoms with Crippen LogP contribution in [-0.2, 0) is 6.42 Å². The molecule has 1 aromatic rings. The molecule has 0 bridgehead atoms. The van der Waals surface area contributed by atoms with Crippen molar-refractivity contribution >= 4 is 15.9 Å². The van der Waals surface area contributed by atoms with Crippen LogP contribution in [0.15, 0.2) is 10.5 Å². The van der Waals surface area contributed by atoms with Gasteiger partial charge in [-0.3, -0.25) is 0 Å². The van der Waals surface area contributed by atoms with Gasteiger partial charge in [0.1, 0.15) is 5.82 Å². The second-order valence-corrected chi connectivity index (χ2v) is 5.22. The lowest BCUT2D eigenvalue weighted by atomic mass is 9.92. The molecule has 5 heteroatoms. The Morgan fingerprint density at radius 2 is 2.06 bits per heavy atom. The van der Waals surface area contributed by atoms with Crippen molar-refractivity contribution in [1.29, 1.82) is 0 Å². The number of hydrogen-bond acceptors (Lipinski definition) is 1. The Morgan fingerprint density at radius 1 is 1.29 bits per heavy atom. The van der Waals surface area contributed by atoms with Gasteiger partial charge in [0.2, 0.25) is 0 Å². The number of benzene rings is 1. The molecular weight excluding hydrogens is 295 g/mol. The predicted molar refractivity (Wildman–Crippen MR) is 63.3 cm³/mol. The molecule has 94 valence electrons. The van der Waals surface area contributed by atoms with Crippen molar-refractivity contribution in [3.05, 3.63) is 33.6 Å². The maximum atomic E-state index is 13.7. The molecule has 1 fully saturated rings. The van der Waals surface area contributed by atoms with Crippen LogP contribution in [0.3, 0.4) is 0 Å². The number of nitrogens with one attached hydrogen (secondary N) is 1. The fourth-order valence-electron chi connectivity index (χ4n) is 2.19. The Hall–Kier alpha value is -0.550. The first-order valence-corrected chi connectivity index (χ1v) is 6.41. The molecule has 0 aromatic heterocycles. The molecule has 0 spiro atoms. The summed E-state index contributed by atoms with van der Waals surface area (Å²) in [7, 11) is 0. The molecule has 1 nitrogen and oxygen atoms in total. The van der Waals surface area contributed by atoms with Gasteiger partial charge in [-0.1, -0.05) is 0 Å². The molecule has 1 aliphatic rings. The van der Waals surface area contributed by atoms with Gasteiger partial charge in [0.25, 0.3) is 0 Å². The van der Waals surface area contributed by atoms with Crippen molar-refractivity contribution in [1.82, 2.24) is 5.32 Å². The summed E-state index contributed by atoms with van der Waals surface area (Å²) < 4.78 is 40.4. The third-order valence-electron chi connectivity index (χ3n) is 3.09. The Kier molecular flexibility index (Phi) is 4.09. The van der Waals surface area contributed by atoms with Gasteiger partial charge >= 0.3 is 0 Å². The standard InChI is InChI=1S/C12H13BrF3N/c13-9-5-10(14)12(16)8(11(9)15)4-7-2-1-3-17-6-7/h5,7,17H,1-4,6H2. The molecular formula is C12H13BrF3N. The zero-order valence-electron chi connectivity index (χ0n) is 9.20. The van der Waals surface area contributed by atoms with Gasteiger partial charge < -0.3 is 5.32 Å². The molecule has 1 unspecified atom stereocenters. The van der Waals surface area contributed by atoms with E-state index in [9.17, 15) is 13.2 Å². The first-order valence-electron chi connectivity index (χ1n) is 5.62. The molecule has 1 saturated heterocycles. The monoisotopic (exact) mass is 307 g/mol. The smallest absolute Gasteiger partial charge is 0.165 e.